The number of furan rings is 1. The zero-order valence-corrected chi connectivity index (χ0v) is 69.4. The maximum atomic E-state index is 11.8. The molecule has 0 bridgehead atoms. The molecule has 10 rings (SSSR count). The molecule has 14 N–H and O–H groups in total. The minimum atomic E-state index is -0.247. The number of amides is 8. The number of nitrogens with zero attached hydrogens (tertiary/aromatic N) is 2. The van der Waals surface area contributed by atoms with E-state index in [1.54, 1.807) is 104 Å². The second-order valence-corrected chi connectivity index (χ2v) is 28.7. The lowest BCUT2D eigenvalue weighted by Gasteiger charge is -2.10. The van der Waals surface area contributed by atoms with E-state index in [4.69, 9.17) is 10.2 Å². The number of aryl methyl sites for hydroxylation is 1. The number of para-hydroxylation sites is 2. The molecule has 0 atom stereocenters. The molecule has 0 radical (unpaired) electrons. The Kier molecular flexibility index (Phi) is 45.2. The van der Waals surface area contributed by atoms with Crippen LogP contribution in [0.2, 0.25) is 0 Å². The van der Waals surface area contributed by atoms with Gasteiger partial charge in [-0.3, -0.25) is 48.3 Å². The molecule has 0 saturated heterocycles. The molecule has 0 saturated carbocycles. The Bertz CT molecular complexity index is 4300. The van der Waals surface area contributed by atoms with Crippen LogP contribution in [0.15, 0.2) is 217 Å². The minimum Gasteiger partial charge on any atom is -0.507 e. The Balaban J connectivity index is 0.000000435. The standard InChI is InChI=1S/C14H15NO2.C13H16N2O.C11H15NO.C10H13NO2.C10H13NO.2C9H12N2O.C8H11NO2.C4H10N2S/c1-9(2)15-14(17)12-7-10-5-3-4-6-11(10)8-13(12)16;1-9(2)14-13(16)8-11-7-10-5-3-4-6-12(10)15-11;1-8(2)12-11(13)10-6-4-9(3)5-7-10;1-7(2)11-10(13)8-5-3-4-6-9(8)12;1-8(2)11-10(12)9-6-4-3-5-7-9;1-7(2)11-9(12)8-3-5-10-6-4-8;1-7(2)11-9(12)8-4-3-5-10-6-8;1-6(2)9-8(10)7-4-3-5-11-7;1-3(2)6-4(5)7/h3-9,16H,1-2H3,(H,15,17);3-7,9,15H,8H2,1-2H3,(H,14,16);4-8H,1-3H3,(H,12,13);3-7,12H,1-2H3,(H,11,13);3-8H,1-2H3,(H,11,12);2*3-7H,1-2H3,(H,11,12);3-6H,1-2H3,(H,9,10);3H,1-2H3,(H3,5,6,7). The molecular formula is C88H117N13O11S. The van der Waals surface area contributed by atoms with Gasteiger partial charge in [0.25, 0.3) is 41.4 Å². The first kappa shape index (κ1) is 96.8. The van der Waals surface area contributed by atoms with Crippen LogP contribution in [0.25, 0.3) is 21.7 Å². The van der Waals surface area contributed by atoms with Gasteiger partial charge in [-0.1, -0.05) is 90.5 Å². The topological polar surface area (TPSA) is 366 Å². The fourth-order valence-electron chi connectivity index (χ4n) is 9.23. The van der Waals surface area contributed by atoms with E-state index in [2.05, 4.69) is 75.0 Å². The van der Waals surface area contributed by atoms with Gasteiger partial charge in [-0.05, 0) is 257 Å². The third-order valence-electron chi connectivity index (χ3n) is 14.0. The molecule has 606 valence electrons. The van der Waals surface area contributed by atoms with Crippen LogP contribution in [0.3, 0.4) is 0 Å². The normalized spacial score (nSPS) is 10.2. The summed E-state index contributed by atoms with van der Waals surface area (Å²) in [4.78, 5) is 102. The summed E-state index contributed by atoms with van der Waals surface area (Å²) in [6.45, 7) is 36.7. The van der Waals surface area contributed by atoms with Crippen LogP contribution in [-0.2, 0) is 11.2 Å². The van der Waals surface area contributed by atoms with Crippen LogP contribution in [0.5, 0.6) is 11.5 Å². The van der Waals surface area contributed by atoms with E-state index in [0.717, 1.165) is 32.9 Å². The number of carbonyl (C=O) groups excluding carboxylic acids is 8. The largest absolute Gasteiger partial charge is 0.507 e. The number of aromatic hydroxyl groups is 2. The van der Waals surface area contributed by atoms with Crippen LogP contribution >= 0.6 is 12.2 Å². The van der Waals surface area contributed by atoms with E-state index in [9.17, 15) is 48.6 Å². The van der Waals surface area contributed by atoms with Gasteiger partial charge in [0.15, 0.2) is 10.9 Å². The SMILES string of the molecule is CC(C)NC(=O)Cc1cc2ccccc2[nH]1.CC(C)NC(=O)c1cc2ccccc2cc1O.CC(C)NC(=O)c1ccccc1.CC(C)NC(=O)c1ccccc1O.CC(C)NC(=O)c1cccnc1.CC(C)NC(=O)c1ccco1.CC(C)NC(=O)c1ccncc1.CC(C)NC(N)=S.Cc1ccc(C(=O)NC(C)C)cc1. The number of phenolic OH excluding ortho intramolecular Hbond substituents is 2. The monoisotopic (exact) mass is 1560 g/mol. The smallest absolute Gasteiger partial charge is 0.287 e. The molecule has 0 fully saturated rings. The van der Waals surface area contributed by atoms with Gasteiger partial charge in [0, 0.05) is 107 Å². The van der Waals surface area contributed by atoms with Gasteiger partial charge in [-0.2, -0.15) is 0 Å². The second-order valence-electron chi connectivity index (χ2n) is 28.3. The maximum Gasteiger partial charge on any atom is 0.287 e. The average Bonchev–Trinajstić information content (AvgIpc) is 1.34. The minimum absolute atomic E-state index is 0.00463. The molecule has 6 aromatic carbocycles. The summed E-state index contributed by atoms with van der Waals surface area (Å²) in [6, 6.07) is 56.0. The highest BCUT2D eigenvalue weighted by Gasteiger charge is 2.15. The van der Waals surface area contributed by atoms with E-state index in [0.29, 0.717) is 51.2 Å². The van der Waals surface area contributed by atoms with E-state index >= 15 is 0 Å². The number of benzene rings is 6. The molecule has 4 aromatic heterocycles. The van der Waals surface area contributed by atoms with Crippen molar-refractivity contribution in [3.05, 3.63) is 263 Å². The first-order valence-electron chi connectivity index (χ1n) is 37.4. The number of phenols is 2. The number of thiocarbonyl (C=S) groups is 1. The molecule has 25 heteroatoms. The molecule has 0 aliphatic carbocycles. The number of pyridine rings is 2. The van der Waals surface area contributed by atoms with Crippen molar-refractivity contribution in [1.29, 1.82) is 0 Å². The number of fused-ring (bicyclic) bond motifs is 2. The summed E-state index contributed by atoms with van der Waals surface area (Å²) in [5.74, 6) is -0.338. The summed E-state index contributed by atoms with van der Waals surface area (Å²) in [5.41, 5.74) is 11.6. The van der Waals surface area contributed by atoms with Crippen LogP contribution in [0.1, 0.15) is 209 Å². The van der Waals surface area contributed by atoms with Gasteiger partial charge in [-0.25, -0.2) is 0 Å². The Morgan fingerprint density at radius 2 is 0.788 bits per heavy atom. The lowest BCUT2D eigenvalue weighted by molar-refractivity contribution is -0.121. The zero-order chi connectivity index (χ0) is 84.7. The first-order valence-corrected chi connectivity index (χ1v) is 37.8. The third kappa shape index (κ3) is 42.5. The summed E-state index contributed by atoms with van der Waals surface area (Å²) < 4.78 is 4.88. The first-order chi connectivity index (χ1) is 53.3. The van der Waals surface area contributed by atoms with E-state index < -0.39 is 0 Å². The predicted molar refractivity (Wildman–Crippen MR) is 457 cm³/mol. The van der Waals surface area contributed by atoms with Gasteiger partial charge in [0.1, 0.15) is 11.5 Å². The molecule has 4 heterocycles. The maximum absolute atomic E-state index is 11.8. The van der Waals surface area contributed by atoms with Gasteiger partial charge in [0.2, 0.25) is 5.91 Å². The third-order valence-corrected chi connectivity index (χ3v) is 14.1. The van der Waals surface area contributed by atoms with E-state index in [1.165, 1.54) is 17.9 Å². The van der Waals surface area contributed by atoms with Crippen LogP contribution in [0, 0.1) is 6.92 Å². The summed E-state index contributed by atoms with van der Waals surface area (Å²) in [7, 11) is 0. The highest BCUT2D eigenvalue weighted by Crippen LogP contribution is 2.25. The average molecular weight is 1570 g/mol. The van der Waals surface area contributed by atoms with Crippen molar-refractivity contribution in [3.63, 3.8) is 0 Å². The number of nitrogens with two attached hydrogens (primary N) is 1. The fourth-order valence-corrected chi connectivity index (χ4v) is 9.47. The quantitative estimate of drug-likeness (QED) is 0.0355. The number of rotatable bonds is 18. The molecule has 24 nitrogen and oxygen atoms in total. The summed E-state index contributed by atoms with van der Waals surface area (Å²) in [5, 5.41) is 47.7. The Hall–Kier alpha value is -12.3. The number of carbonyl (C=O) groups is 8. The van der Waals surface area contributed by atoms with Crippen LogP contribution in [0.4, 0.5) is 0 Å². The van der Waals surface area contributed by atoms with Gasteiger partial charge in [-0.15, -0.1) is 0 Å². The number of H-pyrrole nitrogens is 1. The molecule has 8 amide bonds. The second kappa shape index (κ2) is 52.8. The molecule has 0 aliphatic rings. The highest BCUT2D eigenvalue weighted by atomic mass is 32.1. The van der Waals surface area contributed by atoms with Crippen molar-refractivity contribution in [1.82, 2.24) is 62.8 Å². The summed E-state index contributed by atoms with van der Waals surface area (Å²) in [6.07, 6.45) is 8.30. The Morgan fingerprint density at radius 1 is 0.381 bits per heavy atom. The van der Waals surface area contributed by atoms with Crippen molar-refractivity contribution < 1.29 is 53.0 Å². The van der Waals surface area contributed by atoms with E-state index in [-0.39, 0.29) is 107 Å². The van der Waals surface area contributed by atoms with Crippen LogP contribution in [-0.4, -0.2) is 132 Å². The van der Waals surface area contributed by atoms with Crippen molar-refractivity contribution in [2.75, 3.05) is 0 Å². The molecule has 10 aromatic rings. The van der Waals surface area contributed by atoms with Crippen molar-refractivity contribution in [2.45, 2.75) is 192 Å². The summed E-state index contributed by atoms with van der Waals surface area (Å²) >= 11 is 4.54. The van der Waals surface area contributed by atoms with Gasteiger partial charge in [0.05, 0.1) is 29.4 Å². The molecular weight excluding hydrogens is 1450 g/mol. The van der Waals surface area contributed by atoms with Crippen molar-refractivity contribution in [3.8, 4) is 11.5 Å². The number of hydrogen-bond donors (Lipinski definition) is 13. The number of aromatic nitrogens is 3. The number of nitrogens with one attached hydrogen (secondary N) is 10. The van der Waals surface area contributed by atoms with E-state index in [1.807, 2.05) is 229 Å². The number of hydrogen-bond acceptors (Lipinski definition) is 14. The van der Waals surface area contributed by atoms with Crippen LogP contribution < -0.4 is 53.6 Å². The molecule has 113 heavy (non-hydrogen) atoms. The Labute approximate surface area is 671 Å². The Morgan fingerprint density at radius 3 is 1.23 bits per heavy atom. The highest BCUT2D eigenvalue weighted by molar-refractivity contribution is 7.80. The molecule has 0 unspecified atom stereocenters. The van der Waals surface area contributed by atoms with Gasteiger partial charge >= 0.3 is 0 Å². The van der Waals surface area contributed by atoms with Crippen molar-refractivity contribution in [2.24, 2.45) is 5.73 Å². The zero-order valence-electron chi connectivity index (χ0n) is 68.6. The molecule has 0 aliphatic heterocycles. The number of aromatic amines is 1. The molecule has 0 spiro atoms. The lowest BCUT2D eigenvalue weighted by Crippen LogP contribution is -2.34. The predicted octanol–water partition coefficient (Wildman–Crippen LogP) is 14.5. The van der Waals surface area contributed by atoms with Gasteiger partial charge < -0.3 is 73.2 Å². The fraction of sp³-hybridized carbons (Fsp3) is 0.330. The van der Waals surface area contributed by atoms with Crippen molar-refractivity contribution >= 4 is 86.3 Å². The lowest BCUT2D eigenvalue weighted by atomic mass is 10.1.